The predicted octanol–water partition coefficient (Wildman–Crippen LogP) is 1.80. The summed E-state index contributed by atoms with van der Waals surface area (Å²) in [7, 11) is 1.80. The lowest BCUT2D eigenvalue weighted by Gasteiger charge is -2.15. The second-order valence-corrected chi connectivity index (χ2v) is 5.18. The van der Waals surface area contributed by atoms with Crippen molar-refractivity contribution in [3.63, 3.8) is 0 Å². The molecule has 4 nitrogen and oxygen atoms in total. The maximum atomic E-state index is 5.40. The van der Waals surface area contributed by atoms with E-state index in [4.69, 9.17) is 9.72 Å². The lowest BCUT2D eigenvalue weighted by molar-refractivity contribution is 0.107. The molecule has 19 heavy (non-hydrogen) atoms. The number of nitrogens with one attached hydrogen (secondary N) is 1. The number of methoxy groups -OCH3 is 1. The van der Waals surface area contributed by atoms with Gasteiger partial charge in [0.1, 0.15) is 0 Å². The van der Waals surface area contributed by atoms with Gasteiger partial charge in [0.15, 0.2) is 0 Å². The Morgan fingerprint density at radius 1 is 1.42 bits per heavy atom. The highest BCUT2D eigenvalue weighted by atomic mass is 16.5. The van der Waals surface area contributed by atoms with Gasteiger partial charge in [0.05, 0.1) is 17.5 Å². The molecule has 0 aromatic carbocycles. The fourth-order valence-electron chi connectivity index (χ4n) is 2.47. The first-order valence-electron chi connectivity index (χ1n) is 7.22. The average Bonchev–Trinajstić information content (AvgIpc) is 2.87. The molecule has 0 bridgehead atoms. The van der Waals surface area contributed by atoms with E-state index in [2.05, 4.69) is 35.3 Å². The Kier molecular flexibility index (Phi) is 5.76. The summed E-state index contributed by atoms with van der Waals surface area (Å²) in [5.41, 5.74) is 2.29. The zero-order chi connectivity index (χ0) is 13.5. The minimum absolute atomic E-state index is 0.398. The van der Waals surface area contributed by atoms with Crippen molar-refractivity contribution in [2.24, 2.45) is 0 Å². The molecule has 1 fully saturated rings. The molecule has 106 valence electrons. The normalized spacial score (nSPS) is 20.0. The minimum atomic E-state index is 0.398. The van der Waals surface area contributed by atoms with E-state index in [9.17, 15) is 0 Å². The lowest BCUT2D eigenvalue weighted by Crippen LogP contribution is -2.23. The molecule has 0 spiro atoms. The number of pyridine rings is 1. The van der Waals surface area contributed by atoms with Crippen LogP contribution >= 0.6 is 0 Å². The number of hydrogen-bond donors (Lipinski definition) is 1. The fraction of sp³-hybridized carbons (Fsp3) is 0.667. The molecule has 1 saturated heterocycles. The van der Waals surface area contributed by atoms with Gasteiger partial charge in [-0.05, 0) is 31.5 Å². The van der Waals surface area contributed by atoms with Crippen LogP contribution in [0.15, 0.2) is 18.2 Å². The maximum Gasteiger partial charge on any atom is 0.0710 e. The molecule has 1 aromatic rings. The molecule has 1 unspecified atom stereocenters. The standard InChI is InChI=1S/C15H25N3O/c1-3-8-16-10-13-5-4-6-14(17-13)11-18-9-7-15(12-18)19-2/h4-6,15-16H,3,7-12H2,1-2H3. The Morgan fingerprint density at radius 2 is 2.26 bits per heavy atom. The van der Waals surface area contributed by atoms with Crippen LogP contribution in [0.4, 0.5) is 0 Å². The number of ether oxygens (including phenoxy) is 1. The van der Waals surface area contributed by atoms with E-state index in [1.165, 1.54) is 0 Å². The molecular formula is C15H25N3O. The van der Waals surface area contributed by atoms with Crippen LogP contribution in [0.25, 0.3) is 0 Å². The quantitative estimate of drug-likeness (QED) is 0.761. The van der Waals surface area contributed by atoms with Crippen molar-refractivity contribution in [1.82, 2.24) is 15.2 Å². The average molecular weight is 263 g/mol. The zero-order valence-corrected chi connectivity index (χ0v) is 12.1. The summed E-state index contributed by atoms with van der Waals surface area (Å²) in [4.78, 5) is 7.13. The maximum absolute atomic E-state index is 5.40. The first-order valence-corrected chi connectivity index (χ1v) is 7.22. The van der Waals surface area contributed by atoms with E-state index in [0.717, 1.165) is 57.0 Å². The molecule has 0 radical (unpaired) electrons. The van der Waals surface area contributed by atoms with Gasteiger partial charge >= 0.3 is 0 Å². The van der Waals surface area contributed by atoms with E-state index >= 15 is 0 Å². The Balaban J connectivity index is 1.85. The third-order valence-corrected chi connectivity index (χ3v) is 3.55. The van der Waals surface area contributed by atoms with Crippen LogP contribution in [-0.2, 0) is 17.8 Å². The van der Waals surface area contributed by atoms with Gasteiger partial charge in [0, 0.05) is 33.3 Å². The molecule has 0 aliphatic carbocycles. The summed E-state index contributed by atoms with van der Waals surface area (Å²) in [6.45, 7) is 7.16. The Hall–Kier alpha value is -0.970. The summed E-state index contributed by atoms with van der Waals surface area (Å²) in [6, 6.07) is 6.31. The van der Waals surface area contributed by atoms with Gasteiger partial charge in [0.25, 0.3) is 0 Å². The van der Waals surface area contributed by atoms with Gasteiger partial charge < -0.3 is 10.1 Å². The van der Waals surface area contributed by atoms with Gasteiger partial charge in [-0.25, -0.2) is 0 Å². The zero-order valence-electron chi connectivity index (χ0n) is 12.1. The lowest BCUT2D eigenvalue weighted by atomic mass is 10.3. The van der Waals surface area contributed by atoms with Crippen molar-refractivity contribution in [3.8, 4) is 0 Å². The van der Waals surface area contributed by atoms with E-state index in [1.807, 2.05) is 0 Å². The van der Waals surface area contributed by atoms with Crippen molar-refractivity contribution in [3.05, 3.63) is 29.6 Å². The van der Waals surface area contributed by atoms with Crippen LogP contribution in [0.2, 0.25) is 0 Å². The predicted molar refractivity (Wildman–Crippen MR) is 76.9 cm³/mol. The van der Waals surface area contributed by atoms with Gasteiger partial charge in [0.2, 0.25) is 0 Å². The van der Waals surface area contributed by atoms with Crippen molar-refractivity contribution in [2.45, 2.75) is 39.0 Å². The second kappa shape index (κ2) is 7.58. The smallest absolute Gasteiger partial charge is 0.0710 e. The number of hydrogen-bond acceptors (Lipinski definition) is 4. The van der Waals surface area contributed by atoms with E-state index in [0.29, 0.717) is 6.10 Å². The van der Waals surface area contributed by atoms with Crippen LogP contribution in [0, 0.1) is 0 Å². The summed E-state index contributed by atoms with van der Waals surface area (Å²) in [6.07, 6.45) is 2.69. The molecule has 2 rings (SSSR count). The molecule has 1 aliphatic heterocycles. The van der Waals surface area contributed by atoms with Crippen LogP contribution in [0.3, 0.4) is 0 Å². The summed E-state index contributed by atoms with van der Waals surface area (Å²) >= 11 is 0. The van der Waals surface area contributed by atoms with E-state index in [-0.39, 0.29) is 0 Å². The number of likely N-dealkylation sites (tertiary alicyclic amines) is 1. The van der Waals surface area contributed by atoms with Crippen molar-refractivity contribution < 1.29 is 4.74 Å². The summed E-state index contributed by atoms with van der Waals surface area (Å²) in [5.74, 6) is 0. The third-order valence-electron chi connectivity index (χ3n) is 3.55. The van der Waals surface area contributed by atoms with Crippen LogP contribution in [-0.4, -0.2) is 42.7 Å². The van der Waals surface area contributed by atoms with E-state index < -0.39 is 0 Å². The summed E-state index contributed by atoms with van der Waals surface area (Å²) < 4.78 is 5.40. The first kappa shape index (κ1) is 14.4. The van der Waals surface area contributed by atoms with E-state index in [1.54, 1.807) is 7.11 Å². The van der Waals surface area contributed by atoms with Crippen LogP contribution in [0.1, 0.15) is 31.2 Å². The van der Waals surface area contributed by atoms with Gasteiger partial charge in [-0.15, -0.1) is 0 Å². The van der Waals surface area contributed by atoms with Crippen molar-refractivity contribution >= 4 is 0 Å². The molecule has 2 heterocycles. The molecular weight excluding hydrogens is 238 g/mol. The molecule has 1 aliphatic rings. The molecule has 1 N–H and O–H groups in total. The highest BCUT2D eigenvalue weighted by Crippen LogP contribution is 2.14. The largest absolute Gasteiger partial charge is 0.380 e. The first-order chi connectivity index (χ1) is 9.31. The molecule has 1 atom stereocenters. The Bertz CT molecular complexity index is 383. The minimum Gasteiger partial charge on any atom is -0.380 e. The monoisotopic (exact) mass is 263 g/mol. The summed E-state index contributed by atoms with van der Waals surface area (Å²) in [5, 5.41) is 3.39. The number of aromatic nitrogens is 1. The van der Waals surface area contributed by atoms with Crippen LogP contribution in [0.5, 0.6) is 0 Å². The van der Waals surface area contributed by atoms with Gasteiger partial charge in [-0.3, -0.25) is 9.88 Å². The van der Waals surface area contributed by atoms with Crippen LogP contribution < -0.4 is 5.32 Å². The molecule has 1 aromatic heterocycles. The number of rotatable bonds is 7. The molecule has 4 heteroatoms. The second-order valence-electron chi connectivity index (χ2n) is 5.18. The van der Waals surface area contributed by atoms with Crippen molar-refractivity contribution in [1.29, 1.82) is 0 Å². The Morgan fingerprint density at radius 3 is 3.00 bits per heavy atom. The van der Waals surface area contributed by atoms with Crippen molar-refractivity contribution in [2.75, 3.05) is 26.7 Å². The highest BCUT2D eigenvalue weighted by Gasteiger charge is 2.22. The third kappa shape index (κ3) is 4.56. The highest BCUT2D eigenvalue weighted by molar-refractivity contribution is 5.11. The molecule has 0 amide bonds. The van der Waals surface area contributed by atoms with Gasteiger partial charge in [-0.1, -0.05) is 13.0 Å². The number of nitrogens with zero attached hydrogens (tertiary/aromatic N) is 2. The fourth-order valence-corrected chi connectivity index (χ4v) is 2.47. The van der Waals surface area contributed by atoms with Gasteiger partial charge in [-0.2, -0.15) is 0 Å². The SMILES string of the molecule is CCCNCc1cccc(CN2CCC(OC)C2)n1. The topological polar surface area (TPSA) is 37.4 Å². The Labute approximate surface area is 116 Å². The molecule has 0 saturated carbocycles.